The molecular weight excluding hydrogens is 344 g/mol. The van der Waals surface area contributed by atoms with Gasteiger partial charge in [-0.3, -0.25) is 0 Å². The first-order valence-corrected chi connectivity index (χ1v) is 7.88. The Kier molecular flexibility index (Phi) is 4.22. The zero-order valence-electron chi connectivity index (χ0n) is 13.9. The lowest BCUT2D eigenvalue weighted by atomic mass is 10.2. The van der Waals surface area contributed by atoms with Crippen molar-refractivity contribution < 1.29 is 9.53 Å². The van der Waals surface area contributed by atoms with Crippen LogP contribution in [0.4, 0.5) is 10.6 Å². The minimum absolute atomic E-state index is 0.269. The first-order valence-electron chi connectivity index (χ1n) is 7.50. The van der Waals surface area contributed by atoms with E-state index in [-0.39, 0.29) is 11.0 Å². The van der Waals surface area contributed by atoms with Crippen molar-refractivity contribution in [2.45, 2.75) is 26.4 Å². The Labute approximate surface area is 149 Å². The molecule has 0 saturated carbocycles. The van der Waals surface area contributed by atoms with E-state index in [1.165, 1.54) is 4.68 Å². The van der Waals surface area contributed by atoms with Crippen LogP contribution < -0.4 is 11.2 Å². The lowest BCUT2D eigenvalue weighted by molar-refractivity contribution is 0.0614. The van der Waals surface area contributed by atoms with Gasteiger partial charge in [0.1, 0.15) is 22.1 Å². The van der Waals surface area contributed by atoms with Gasteiger partial charge in [-0.05, 0) is 45.0 Å². The van der Waals surface area contributed by atoms with Gasteiger partial charge in [0, 0.05) is 6.20 Å². The average Bonchev–Trinajstić information content (AvgIpc) is 2.84. The summed E-state index contributed by atoms with van der Waals surface area (Å²) in [6, 6.07) is 6.79. The van der Waals surface area contributed by atoms with Gasteiger partial charge >= 0.3 is 6.09 Å². The number of halogens is 1. The Morgan fingerprint density at radius 3 is 2.72 bits per heavy atom. The summed E-state index contributed by atoms with van der Waals surface area (Å²) >= 11 is 5.99. The van der Waals surface area contributed by atoms with Gasteiger partial charge in [-0.15, -0.1) is 0 Å². The summed E-state index contributed by atoms with van der Waals surface area (Å²) in [6.45, 7) is 5.31. The average molecular weight is 361 g/mol. The number of fused-ring (bicyclic) bond motifs is 1. The highest BCUT2D eigenvalue weighted by molar-refractivity contribution is 6.29. The van der Waals surface area contributed by atoms with Crippen LogP contribution in [0, 0.1) is 0 Å². The summed E-state index contributed by atoms with van der Waals surface area (Å²) in [6.07, 6.45) is 0.916. The predicted molar refractivity (Wildman–Crippen MR) is 95.8 cm³/mol. The van der Waals surface area contributed by atoms with E-state index in [0.717, 1.165) is 0 Å². The highest BCUT2D eigenvalue weighted by Crippen LogP contribution is 2.27. The number of carbonyl (C=O) groups excluding carboxylic acids is 1. The molecule has 0 aliphatic carbocycles. The van der Waals surface area contributed by atoms with Crippen LogP contribution in [0.15, 0.2) is 30.5 Å². The quantitative estimate of drug-likeness (QED) is 0.679. The van der Waals surface area contributed by atoms with Crippen LogP contribution in [0.3, 0.4) is 0 Å². The Morgan fingerprint density at radius 2 is 2.04 bits per heavy atom. The third-order valence-electron chi connectivity index (χ3n) is 3.15. The molecule has 8 nitrogen and oxygen atoms in total. The van der Waals surface area contributed by atoms with Gasteiger partial charge in [0.2, 0.25) is 0 Å². The molecule has 3 aromatic rings. The number of pyridine rings is 2. The minimum atomic E-state index is -0.655. The number of ether oxygens (including phenoxy) is 1. The summed E-state index contributed by atoms with van der Waals surface area (Å²) < 4.78 is 6.70. The Bertz CT molecular complexity index is 947. The highest BCUT2D eigenvalue weighted by Gasteiger charge is 2.21. The Hall–Kier alpha value is -2.87. The maximum Gasteiger partial charge on any atom is 0.427 e. The van der Waals surface area contributed by atoms with Crippen LogP contribution in [-0.2, 0) is 4.74 Å². The second-order valence-electron chi connectivity index (χ2n) is 6.30. The van der Waals surface area contributed by atoms with Gasteiger partial charge in [0.25, 0.3) is 0 Å². The van der Waals surface area contributed by atoms with Gasteiger partial charge in [-0.25, -0.2) is 29.8 Å². The summed E-state index contributed by atoms with van der Waals surface area (Å²) in [5.41, 5.74) is 9.39. The van der Waals surface area contributed by atoms with E-state index in [2.05, 4.69) is 20.4 Å². The largest absolute Gasteiger partial charge is 0.443 e. The van der Waals surface area contributed by atoms with Crippen LogP contribution in [0.5, 0.6) is 0 Å². The number of nitrogens with two attached hydrogens (primary N) is 1. The fourth-order valence-corrected chi connectivity index (χ4v) is 2.36. The smallest absolute Gasteiger partial charge is 0.427 e. The molecule has 3 rings (SSSR count). The molecule has 3 aromatic heterocycles. The number of aromatic nitrogens is 4. The molecule has 0 saturated heterocycles. The molecule has 9 heteroatoms. The number of nitrogens with zero attached hydrogens (tertiary/aromatic N) is 4. The molecule has 3 N–H and O–H groups in total. The highest BCUT2D eigenvalue weighted by atomic mass is 35.5. The first-order chi connectivity index (χ1) is 11.7. The van der Waals surface area contributed by atoms with Crippen molar-refractivity contribution in [2.24, 2.45) is 0 Å². The van der Waals surface area contributed by atoms with Crippen molar-refractivity contribution in [3.05, 3.63) is 35.6 Å². The van der Waals surface area contributed by atoms with Crippen molar-refractivity contribution in [1.82, 2.24) is 19.6 Å². The van der Waals surface area contributed by atoms with E-state index < -0.39 is 11.7 Å². The molecule has 25 heavy (non-hydrogen) atoms. The van der Waals surface area contributed by atoms with Crippen LogP contribution in [0.2, 0.25) is 5.15 Å². The zero-order valence-corrected chi connectivity index (χ0v) is 14.7. The number of imidazole rings is 1. The van der Waals surface area contributed by atoms with Crippen LogP contribution in [0.1, 0.15) is 20.8 Å². The Morgan fingerprint density at radius 1 is 1.28 bits per heavy atom. The summed E-state index contributed by atoms with van der Waals surface area (Å²) in [5.74, 6) is 0.650. The monoisotopic (exact) mass is 360 g/mol. The van der Waals surface area contributed by atoms with Gasteiger partial charge in [-0.1, -0.05) is 11.6 Å². The fraction of sp³-hybridized carbons (Fsp3) is 0.250. The van der Waals surface area contributed by atoms with E-state index in [0.29, 0.717) is 22.6 Å². The SMILES string of the molecule is CC(C)(C)OC(=O)Nn1c(-c2cccnc2N)nc2ccc(Cl)nc21. The van der Waals surface area contributed by atoms with Crippen molar-refractivity contribution >= 4 is 34.7 Å². The predicted octanol–water partition coefficient (Wildman–Crippen LogP) is 3.21. The van der Waals surface area contributed by atoms with Crippen LogP contribution in [-0.4, -0.2) is 31.3 Å². The van der Waals surface area contributed by atoms with Crippen molar-refractivity contribution in [1.29, 1.82) is 0 Å². The molecule has 0 spiro atoms. The lowest BCUT2D eigenvalue weighted by Crippen LogP contribution is -2.32. The van der Waals surface area contributed by atoms with Gasteiger partial charge in [0.05, 0.1) is 5.56 Å². The lowest BCUT2D eigenvalue weighted by Gasteiger charge is -2.20. The minimum Gasteiger partial charge on any atom is -0.443 e. The standard InChI is InChI=1S/C16H17ClN6O2/c1-16(2,3)25-15(24)22-23-13(9-5-4-8-19-12(9)18)20-10-6-7-11(17)21-14(10)23/h4-8H,1-3H3,(H2,18,19)(H,22,24). The van der Waals surface area contributed by atoms with Crippen molar-refractivity contribution in [3.8, 4) is 11.4 Å². The molecule has 0 aliphatic heterocycles. The number of nitrogens with one attached hydrogen (secondary N) is 1. The molecule has 0 aliphatic rings. The zero-order chi connectivity index (χ0) is 18.2. The summed E-state index contributed by atoms with van der Waals surface area (Å²) in [4.78, 5) is 25.0. The molecule has 0 fully saturated rings. The normalized spacial score (nSPS) is 11.5. The van der Waals surface area contributed by atoms with E-state index in [9.17, 15) is 4.79 Å². The van der Waals surface area contributed by atoms with Crippen LogP contribution in [0.25, 0.3) is 22.6 Å². The van der Waals surface area contributed by atoms with E-state index in [1.807, 2.05) is 0 Å². The van der Waals surface area contributed by atoms with E-state index in [1.54, 1.807) is 51.2 Å². The molecule has 0 bridgehead atoms. The van der Waals surface area contributed by atoms with Gasteiger partial charge < -0.3 is 10.5 Å². The molecule has 0 atom stereocenters. The van der Waals surface area contributed by atoms with Crippen molar-refractivity contribution in [3.63, 3.8) is 0 Å². The third kappa shape index (κ3) is 3.63. The number of anilines is 1. The maximum atomic E-state index is 12.2. The summed E-state index contributed by atoms with van der Waals surface area (Å²) in [7, 11) is 0. The fourth-order valence-electron chi connectivity index (χ4n) is 2.22. The van der Waals surface area contributed by atoms with Crippen LogP contribution >= 0.6 is 11.6 Å². The van der Waals surface area contributed by atoms with Gasteiger partial charge in [0.15, 0.2) is 11.5 Å². The number of amides is 1. The number of rotatable bonds is 2. The molecule has 1 amide bonds. The molecule has 0 unspecified atom stereocenters. The van der Waals surface area contributed by atoms with Gasteiger partial charge in [-0.2, -0.15) is 0 Å². The van der Waals surface area contributed by atoms with E-state index in [4.69, 9.17) is 22.1 Å². The first kappa shape index (κ1) is 17.0. The Balaban J connectivity index is 2.14. The molecule has 3 heterocycles. The van der Waals surface area contributed by atoms with E-state index >= 15 is 0 Å². The molecule has 0 radical (unpaired) electrons. The third-order valence-corrected chi connectivity index (χ3v) is 3.36. The summed E-state index contributed by atoms with van der Waals surface area (Å²) in [5, 5.41) is 0.269. The molecule has 0 aromatic carbocycles. The van der Waals surface area contributed by atoms with Crippen molar-refractivity contribution in [2.75, 3.05) is 11.2 Å². The second kappa shape index (κ2) is 6.21. The second-order valence-corrected chi connectivity index (χ2v) is 6.68. The number of nitrogen functional groups attached to an aromatic ring is 1. The molecule has 130 valence electrons. The molecular formula is C16H17ClN6O2. The topological polar surface area (TPSA) is 108 Å². The number of carbonyl (C=O) groups is 1. The number of hydrogen-bond acceptors (Lipinski definition) is 6. The maximum absolute atomic E-state index is 12.2. The number of hydrogen-bond donors (Lipinski definition) is 2.